The van der Waals surface area contributed by atoms with Gasteiger partial charge in [0, 0.05) is 12.1 Å². The molecule has 6 nitrogen and oxygen atoms in total. The van der Waals surface area contributed by atoms with Gasteiger partial charge in [0.1, 0.15) is 18.1 Å². The van der Waals surface area contributed by atoms with E-state index >= 15 is 0 Å². The predicted octanol–water partition coefficient (Wildman–Crippen LogP) is 5.09. The van der Waals surface area contributed by atoms with Crippen molar-refractivity contribution < 1.29 is 23.7 Å². The van der Waals surface area contributed by atoms with E-state index < -0.39 is 0 Å². The van der Waals surface area contributed by atoms with Crippen molar-refractivity contribution in [3.63, 3.8) is 0 Å². The molecule has 1 heterocycles. The first-order valence-electron chi connectivity index (χ1n) is 11.5. The van der Waals surface area contributed by atoms with Gasteiger partial charge in [-0.2, -0.15) is 0 Å². The SMILES string of the molecule is CCc1ccc(OCC2c3cc(OC)c(OC)cc3CCN2C(=O)c2cccc(OC)c2)cc1. The molecule has 0 fully saturated rings. The van der Waals surface area contributed by atoms with Crippen molar-refractivity contribution in [2.75, 3.05) is 34.5 Å². The van der Waals surface area contributed by atoms with Gasteiger partial charge in [-0.05, 0) is 72.0 Å². The van der Waals surface area contributed by atoms with E-state index in [-0.39, 0.29) is 11.9 Å². The zero-order valence-electron chi connectivity index (χ0n) is 20.2. The number of aryl methyl sites for hydroxylation is 1. The second-order valence-corrected chi connectivity index (χ2v) is 8.21. The van der Waals surface area contributed by atoms with E-state index in [1.807, 2.05) is 47.4 Å². The Balaban J connectivity index is 1.69. The van der Waals surface area contributed by atoms with Crippen molar-refractivity contribution in [2.24, 2.45) is 0 Å². The van der Waals surface area contributed by atoms with Crippen molar-refractivity contribution in [1.82, 2.24) is 4.90 Å². The fraction of sp³-hybridized carbons (Fsp3) is 0.321. The minimum atomic E-state index is -0.284. The van der Waals surface area contributed by atoms with Gasteiger partial charge < -0.3 is 23.8 Å². The molecule has 6 heteroatoms. The Morgan fingerprint density at radius 2 is 1.65 bits per heavy atom. The largest absolute Gasteiger partial charge is 0.497 e. The number of carbonyl (C=O) groups excluding carboxylic acids is 1. The van der Waals surface area contributed by atoms with Crippen LogP contribution in [0.3, 0.4) is 0 Å². The van der Waals surface area contributed by atoms with Crippen LogP contribution in [-0.2, 0) is 12.8 Å². The highest BCUT2D eigenvalue weighted by Gasteiger charge is 2.33. The van der Waals surface area contributed by atoms with Crippen molar-refractivity contribution in [1.29, 1.82) is 0 Å². The second-order valence-electron chi connectivity index (χ2n) is 8.21. The van der Waals surface area contributed by atoms with Crippen molar-refractivity contribution in [2.45, 2.75) is 25.8 Å². The van der Waals surface area contributed by atoms with Crippen LogP contribution in [0.5, 0.6) is 23.0 Å². The topological polar surface area (TPSA) is 57.2 Å². The molecule has 34 heavy (non-hydrogen) atoms. The van der Waals surface area contributed by atoms with Crippen LogP contribution in [-0.4, -0.2) is 45.3 Å². The molecule has 3 aromatic rings. The fourth-order valence-corrected chi connectivity index (χ4v) is 4.37. The lowest BCUT2D eigenvalue weighted by Crippen LogP contribution is -2.42. The molecular weight excluding hydrogens is 430 g/mol. The fourth-order valence-electron chi connectivity index (χ4n) is 4.37. The maximum absolute atomic E-state index is 13.6. The van der Waals surface area contributed by atoms with E-state index in [0.717, 1.165) is 23.3 Å². The molecule has 0 saturated heterocycles. The standard InChI is InChI=1S/C28H31NO5/c1-5-19-9-11-22(12-10-19)34-18-25-24-17-27(33-4)26(32-3)16-20(24)13-14-29(25)28(30)21-7-6-8-23(15-21)31-2/h6-12,15-17,25H,5,13-14,18H2,1-4H3. The van der Waals surface area contributed by atoms with Gasteiger partial charge in [0.05, 0.1) is 27.4 Å². The molecule has 4 rings (SSSR count). The summed E-state index contributed by atoms with van der Waals surface area (Å²) in [5, 5.41) is 0. The summed E-state index contributed by atoms with van der Waals surface area (Å²) >= 11 is 0. The summed E-state index contributed by atoms with van der Waals surface area (Å²) in [5.74, 6) is 2.68. The average molecular weight is 462 g/mol. The van der Waals surface area contributed by atoms with Crippen LogP contribution in [0.4, 0.5) is 0 Å². The summed E-state index contributed by atoms with van der Waals surface area (Å²) in [5.41, 5.74) is 3.97. The van der Waals surface area contributed by atoms with E-state index in [1.165, 1.54) is 5.56 Å². The van der Waals surface area contributed by atoms with Crippen LogP contribution in [0.25, 0.3) is 0 Å². The minimum absolute atomic E-state index is 0.0609. The molecule has 1 unspecified atom stereocenters. The number of benzene rings is 3. The third-order valence-electron chi connectivity index (χ3n) is 6.32. The Morgan fingerprint density at radius 3 is 2.32 bits per heavy atom. The van der Waals surface area contributed by atoms with Gasteiger partial charge in [0.2, 0.25) is 0 Å². The maximum atomic E-state index is 13.6. The highest BCUT2D eigenvalue weighted by atomic mass is 16.5. The van der Waals surface area contributed by atoms with Crippen LogP contribution in [0.2, 0.25) is 0 Å². The normalized spacial score (nSPS) is 14.8. The predicted molar refractivity (Wildman–Crippen MR) is 131 cm³/mol. The quantitative estimate of drug-likeness (QED) is 0.468. The third-order valence-corrected chi connectivity index (χ3v) is 6.32. The van der Waals surface area contributed by atoms with Gasteiger partial charge in [0.15, 0.2) is 11.5 Å². The number of hydrogen-bond acceptors (Lipinski definition) is 5. The van der Waals surface area contributed by atoms with E-state index in [0.29, 0.717) is 42.4 Å². The van der Waals surface area contributed by atoms with Gasteiger partial charge in [-0.25, -0.2) is 0 Å². The lowest BCUT2D eigenvalue weighted by molar-refractivity contribution is 0.0589. The van der Waals surface area contributed by atoms with Crippen molar-refractivity contribution in [3.8, 4) is 23.0 Å². The van der Waals surface area contributed by atoms with Crippen LogP contribution in [0, 0.1) is 0 Å². The highest BCUT2D eigenvalue weighted by Crippen LogP contribution is 2.39. The number of nitrogens with zero attached hydrogens (tertiary/aromatic N) is 1. The Bertz CT molecular complexity index is 1140. The molecule has 0 aliphatic carbocycles. The van der Waals surface area contributed by atoms with E-state index in [4.69, 9.17) is 18.9 Å². The minimum Gasteiger partial charge on any atom is -0.497 e. The van der Waals surface area contributed by atoms with E-state index in [1.54, 1.807) is 27.4 Å². The number of amides is 1. The molecular formula is C28H31NO5. The zero-order valence-corrected chi connectivity index (χ0v) is 20.2. The molecule has 178 valence electrons. The first kappa shape index (κ1) is 23.5. The molecule has 1 amide bonds. The Morgan fingerprint density at radius 1 is 0.912 bits per heavy atom. The summed E-state index contributed by atoms with van der Waals surface area (Å²) in [6, 6.07) is 19.0. The molecule has 1 aliphatic rings. The number of carbonyl (C=O) groups is 1. The zero-order chi connectivity index (χ0) is 24.1. The Hall–Kier alpha value is -3.67. The van der Waals surface area contributed by atoms with Gasteiger partial charge in [-0.15, -0.1) is 0 Å². The Labute approximate surface area is 201 Å². The van der Waals surface area contributed by atoms with Crippen LogP contribution >= 0.6 is 0 Å². The molecule has 0 spiro atoms. The molecule has 0 N–H and O–H groups in total. The maximum Gasteiger partial charge on any atom is 0.254 e. The first-order chi connectivity index (χ1) is 16.6. The molecule has 0 bridgehead atoms. The van der Waals surface area contributed by atoms with Crippen LogP contribution < -0.4 is 18.9 Å². The number of rotatable bonds is 8. The lowest BCUT2D eigenvalue weighted by atomic mass is 9.91. The van der Waals surface area contributed by atoms with Gasteiger partial charge in [0.25, 0.3) is 5.91 Å². The molecule has 1 aliphatic heterocycles. The number of hydrogen-bond donors (Lipinski definition) is 0. The second kappa shape index (κ2) is 10.5. The van der Waals surface area contributed by atoms with Crippen LogP contribution in [0.1, 0.15) is 40.0 Å². The summed E-state index contributed by atoms with van der Waals surface area (Å²) < 4.78 is 22.6. The molecule has 3 aromatic carbocycles. The summed E-state index contributed by atoms with van der Waals surface area (Å²) in [4.78, 5) is 15.5. The third kappa shape index (κ3) is 4.81. The average Bonchev–Trinajstić information content (AvgIpc) is 2.90. The van der Waals surface area contributed by atoms with Gasteiger partial charge >= 0.3 is 0 Å². The lowest BCUT2D eigenvalue weighted by Gasteiger charge is -2.37. The van der Waals surface area contributed by atoms with Gasteiger partial charge in [-0.3, -0.25) is 4.79 Å². The first-order valence-corrected chi connectivity index (χ1v) is 11.5. The molecule has 1 atom stereocenters. The van der Waals surface area contributed by atoms with Crippen LogP contribution in [0.15, 0.2) is 60.7 Å². The van der Waals surface area contributed by atoms with E-state index in [9.17, 15) is 4.79 Å². The van der Waals surface area contributed by atoms with Gasteiger partial charge in [-0.1, -0.05) is 25.1 Å². The number of ether oxygens (including phenoxy) is 4. The monoisotopic (exact) mass is 461 g/mol. The van der Waals surface area contributed by atoms with Crippen molar-refractivity contribution in [3.05, 3.63) is 82.9 Å². The Kier molecular flexibility index (Phi) is 7.26. The van der Waals surface area contributed by atoms with E-state index in [2.05, 4.69) is 19.1 Å². The number of methoxy groups -OCH3 is 3. The number of fused-ring (bicyclic) bond motifs is 1. The van der Waals surface area contributed by atoms with Crippen molar-refractivity contribution >= 4 is 5.91 Å². The smallest absolute Gasteiger partial charge is 0.254 e. The summed E-state index contributed by atoms with van der Waals surface area (Å²) in [6.07, 6.45) is 1.69. The molecule has 0 saturated carbocycles. The molecule has 0 aromatic heterocycles. The highest BCUT2D eigenvalue weighted by molar-refractivity contribution is 5.95. The summed E-state index contributed by atoms with van der Waals surface area (Å²) in [6.45, 7) is 3.02. The summed E-state index contributed by atoms with van der Waals surface area (Å²) in [7, 11) is 4.85. The molecule has 0 radical (unpaired) electrons.